The molecule has 2 aliphatic rings. The average molecular weight is 302 g/mol. The molecule has 2 heteroatoms. The van der Waals surface area contributed by atoms with E-state index in [0.29, 0.717) is 0 Å². The maximum atomic E-state index is 12.9. The lowest BCUT2D eigenvalue weighted by molar-refractivity contribution is -0.144. The first-order valence-corrected chi connectivity index (χ1v) is 8.64. The molecule has 2 aliphatic carbocycles. The van der Waals surface area contributed by atoms with E-state index >= 15 is 0 Å². The standard InChI is InChI=1S/C20H30O2/c1-11(2)15-9-7-13(5)19(21)17(15)18-16(12(3)4)10-8-14(6)20(18)22/h13-18H,1,3,7-10H2,2,4-6H3/t13?,14?,15-,16-,17+,18+/m0/s1. The van der Waals surface area contributed by atoms with Gasteiger partial charge in [0.05, 0.1) is 0 Å². The van der Waals surface area contributed by atoms with Crippen LogP contribution >= 0.6 is 0 Å². The molecule has 2 unspecified atom stereocenters. The van der Waals surface area contributed by atoms with E-state index in [-0.39, 0.29) is 47.1 Å². The lowest BCUT2D eigenvalue weighted by atomic mass is 9.57. The largest absolute Gasteiger partial charge is 0.299 e. The predicted octanol–water partition coefficient (Wildman–Crippen LogP) is 4.60. The molecule has 0 saturated heterocycles. The van der Waals surface area contributed by atoms with Crippen LogP contribution in [0.3, 0.4) is 0 Å². The zero-order chi connectivity index (χ0) is 16.6. The Morgan fingerprint density at radius 2 is 1.09 bits per heavy atom. The van der Waals surface area contributed by atoms with E-state index in [1.807, 2.05) is 27.7 Å². The molecule has 0 N–H and O–H groups in total. The summed E-state index contributed by atoms with van der Waals surface area (Å²) in [7, 11) is 0. The van der Waals surface area contributed by atoms with E-state index in [4.69, 9.17) is 0 Å². The maximum Gasteiger partial charge on any atom is 0.140 e. The summed E-state index contributed by atoms with van der Waals surface area (Å²) in [5.74, 6) is 0.634. The lowest BCUT2D eigenvalue weighted by Crippen LogP contribution is -2.48. The normalized spacial score (nSPS) is 39.6. The van der Waals surface area contributed by atoms with Gasteiger partial charge in [-0.15, -0.1) is 0 Å². The average Bonchev–Trinajstić information content (AvgIpc) is 2.44. The third-order valence-corrected chi connectivity index (χ3v) is 5.97. The van der Waals surface area contributed by atoms with Crippen molar-refractivity contribution < 1.29 is 9.59 Å². The molecule has 0 aliphatic heterocycles. The summed E-state index contributed by atoms with van der Waals surface area (Å²) in [6.45, 7) is 16.3. The first kappa shape index (κ1) is 17.2. The summed E-state index contributed by atoms with van der Waals surface area (Å²) in [5, 5.41) is 0. The van der Waals surface area contributed by atoms with Crippen molar-refractivity contribution in [2.75, 3.05) is 0 Å². The first-order chi connectivity index (χ1) is 10.3. The Morgan fingerprint density at radius 3 is 1.36 bits per heavy atom. The second-order valence-electron chi connectivity index (χ2n) is 7.72. The molecule has 2 saturated carbocycles. The highest BCUT2D eigenvalue weighted by Gasteiger charge is 2.49. The molecule has 22 heavy (non-hydrogen) atoms. The Labute approximate surface area is 135 Å². The quantitative estimate of drug-likeness (QED) is 0.714. The van der Waals surface area contributed by atoms with Gasteiger partial charge in [-0.05, 0) is 51.4 Å². The summed E-state index contributed by atoms with van der Waals surface area (Å²) in [5.41, 5.74) is 2.11. The number of hydrogen-bond acceptors (Lipinski definition) is 2. The molecular weight excluding hydrogens is 272 g/mol. The van der Waals surface area contributed by atoms with E-state index in [9.17, 15) is 9.59 Å². The van der Waals surface area contributed by atoms with Crippen molar-refractivity contribution in [3.05, 3.63) is 24.3 Å². The molecule has 0 aromatic rings. The highest BCUT2D eigenvalue weighted by Crippen LogP contribution is 2.47. The van der Waals surface area contributed by atoms with Crippen LogP contribution in [0.4, 0.5) is 0 Å². The Hall–Kier alpha value is -1.18. The summed E-state index contributed by atoms with van der Waals surface area (Å²) >= 11 is 0. The van der Waals surface area contributed by atoms with Gasteiger partial charge < -0.3 is 0 Å². The van der Waals surface area contributed by atoms with Gasteiger partial charge in [0.15, 0.2) is 0 Å². The third-order valence-electron chi connectivity index (χ3n) is 5.97. The van der Waals surface area contributed by atoms with Crippen molar-refractivity contribution in [3.63, 3.8) is 0 Å². The number of carbonyl (C=O) groups excluding carboxylic acids is 2. The molecule has 2 fully saturated rings. The van der Waals surface area contributed by atoms with Crippen LogP contribution in [-0.4, -0.2) is 11.6 Å². The number of allylic oxidation sites excluding steroid dienone is 2. The smallest absolute Gasteiger partial charge is 0.140 e. The van der Waals surface area contributed by atoms with Gasteiger partial charge in [-0.2, -0.15) is 0 Å². The van der Waals surface area contributed by atoms with Gasteiger partial charge in [0.25, 0.3) is 0 Å². The van der Waals surface area contributed by atoms with Crippen LogP contribution in [0.5, 0.6) is 0 Å². The molecule has 2 nitrogen and oxygen atoms in total. The number of ketones is 2. The van der Waals surface area contributed by atoms with Gasteiger partial charge in [-0.3, -0.25) is 9.59 Å². The van der Waals surface area contributed by atoms with Crippen molar-refractivity contribution in [3.8, 4) is 0 Å². The Balaban J connectivity index is 2.44. The summed E-state index contributed by atoms with van der Waals surface area (Å²) in [6, 6.07) is 0. The Kier molecular flexibility index (Phi) is 5.09. The summed E-state index contributed by atoms with van der Waals surface area (Å²) in [4.78, 5) is 25.9. The Bertz CT molecular complexity index is 456. The SMILES string of the molecule is C=C(C)[C@@H]1CCC(C)C(=O)[C@H]1[C@@H]1C(=O)C(C)CC[C@H]1C(=C)C. The minimum Gasteiger partial charge on any atom is -0.299 e. The highest BCUT2D eigenvalue weighted by atomic mass is 16.1. The summed E-state index contributed by atoms with van der Waals surface area (Å²) < 4.78 is 0. The van der Waals surface area contributed by atoms with Gasteiger partial charge in [-0.1, -0.05) is 38.2 Å². The van der Waals surface area contributed by atoms with Crippen molar-refractivity contribution in [1.82, 2.24) is 0 Å². The topological polar surface area (TPSA) is 34.1 Å². The second kappa shape index (κ2) is 6.52. The molecule has 0 radical (unpaired) electrons. The van der Waals surface area contributed by atoms with Gasteiger partial charge >= 0.3 is 0 Å². The number of rotatable bonds is 3. The fourth-order valence-corrected chi connectivity index (χ4v) is 4.52. The van der Waals surface area contributed by atoms with Crippen LogP contribution in [0.2, 0.25) is 0 Å². The van der Waals surface area contributed by atoms with Crippen molar-refractivity contribution in [2.24, 2.45) is 35.5 Å². The van der Waals surface area contributed by atoms with Gasteiger partial charge in [0.1, 0.15) is 11.6 Å². The van der Waals surface area contributed by atoms with Crippen LogP contribution < -0.4 is 0 Å². The number of carbonyl (C=O) groups is 2. The molecule has 6 atom stereocenters. The summed E-state index contributed by atoms with van der Waals surface area (Å²) in [6.07, 6.45) is 3.80. The molecular formula is C20H30O2. The lowest BCUT2D eigenvalue weighted by Gasteiger charge is -2.44. The zero-order valence-electron chi connectivity index (χ0n) is 14.5. The van der Waals surface area contributed by atoms with Gasteiger partial charge in [0, 0.05) is 23.7 Å². The van der Waals surface area contributed by atoms with E-state index in [0.717, 1.165) is 36.8 Å². The molecule has 0 spiro atoms. The van der Waals surface area contributed by atoms with Crippen LogP contribution in [0.1, 0.15) is 53.4 Å². The minimum atomic E-state index is -0.182. The minimum absolute atomic E-state index is 0.0661. The van der Waals surface area contributed by atoms with E-state index in [1.54, 1.807) is 0 Å². The van der Waals surface area contributed by atoms with Crippen molar-refractivity contribution >= 4 is 11.6 Å². The molecule has 0 bridgehead atoms. The molecule has 0 amide bonds. The fourth-order valence-electron chi connectivity index (χ4n) is 4.52. The number of Topliss-reactive ketones (excluding diaryl/α,β-unsaturated/α-hetero) is 2. The highest BCUT2D eigenvalue weighted by molar-refractivity contribution is 5.93. The second-order valence-corrected chi connectivity index (χ2v) is 7.72. The van der Waals surface area contributed by atoms with E-state index in [2.05, 4.69) is 13.2 Å². The van der Waals surface area contributed by atoms with Crippen LogP contribution in [0, 0.1) is 35.5 Å². The van der Waals surface area contributed by atoms with Crippen LogP contribution in [0.25, 0.3) is 0 Å². The molecule has 0 aromatic heterocycles. The monoisotopic (exact) mass is 302 g/mol. The van der Waals surface area contributed by atoms with Crippen LogP contribution in [0.15, 0.2) is 24.3 Å². The Morgan fingerprint density at radius 1 is 0.773 bits per heavy atom. The third kappa shape index (κ3) is 2.98. The maximum absolute atomic E-state index is 12.9. The zero-order valence-corrected chi connectivity index (χ0v) is 14.5. The van der Waals surface area contributed by atoms with Crippen molar-refractivity contribution in [1.29, 1.82) is 0 Å². The number of hydrogen-bond donors (Lipinski definition) is 0. The first-order valence-electron chi connectivity index (χ1n) is 8.64. The van der Waals surface area contributed by atoms with Crippen LogP contribution in [-0.2, 0) is 9.59 Å². The van der Waals surface area contributed by atoms with Crippen molar-refractivity contribution in [2.45, 2.75) is 53.4 Å². The van der Waals surface area contributed by atoms with Gasteiger partial charge in [-0.25, -0.2) is 0 Å². The van der Waals surface area contributed by atoms with E-state index < -0.39 is 0 Å². The predicted molar refractivity (Wildman–Crippen MR) is 90.4 cm³/mol. The molecule has 0 heterocycles. The molecule has 0 aromatic carbocycles. The fraction of sp³-hybridized carbons (Fsp3) is 0.700. The van der Waals surface area contributed by atoms with Gasteiger partial charge in [0.2, 0.25) is 0 Å². The molecule has 2 rings (SSSR count). The molecule has 122 valence electrons. The van der Waals surface area contributed by atoms with E-state index in [1.165, 1.54) is 0 Å².